The van der Waals surface area contributed by atoms with Gasteiger partial charge in [0.25, 0.3) is 0 Å². The Morgan fingerprint density at radius 1 is 1.60 bits per heavy atom. The minimum atomic E-state index is -0.845. The molecular weight excluding hydrogens is 258 g/mol. The fourth-order valence-corrected chi connectivity index (χ4v) is 2.88. The van der Waals surface area contributed by atoms with E-state index in [1.807, 2.05) is 6.07 Å². The molecule has 0 amide bonds. The average molecular weight is 281 g/mol. The Morgan fingerprint density at radius 3 is 3.20 bits per heavy atom. The minimum absolute atomic E-state index is 0.0531. The Bertz CT molecular complexity index is 433. The highest BCUT2D eigenvalue weighted by Crippen LogP contribution is 2.26. The predicted octanol–water partition coefficient (Wildman–Crippen LogP) is 1.18. The monoisotopic (exact) mass is 281 g/mol. The van der Waals surface area contributed by atoms with E-state index in [-0.39, 0.29) is 6.54 Å². The van der Waals surface area contributed by atoms with E-state index >= 15 is 0 Å². The van der Waals surface area contributed by atoms with Gasteiger partial charge in [0.15, 0.2) is 0 Å². The van der Waals surface area contributed by atoms with Gasteiger partial charge in [0, 0.05) is 44.6 Å². The zero-order valence-electron chi connectivity index (χ0n) is 12.0. The summed E-state index contributed by atoms with van der Waals surface area (Å²) in [6.07, 6.45) is 4.99. The van der Waals surface area contributed by atoms with Crippen LogP contribution >= 0.6 is 0 Å². The fraction of sp³-hybridized carbons (Fsp3) is 0.714. The van der Waals surface area contributed by atoms with Crippen molar-refractivity contribution in [1.29, 1.82) is 0 Å². The summed E-state index contributed by atoms with van der Waals surface area (Å²) in [6.45, 7) is 3.88. The number of ether oxygens (including phenoxy) is 1. The van der Waals surface area contributed by atoms with E-state index in [0.717, 1.165) is 51.2 Å². The summed E-state index contributed by atoms with van der Waals surface area (Å²) in [5.41, 5.74) is 1.05. The van der Waals surface area contributed by atoms with E-state index in [2.05, 4.69) is 10.00 Å². The second-order valence-electron chi connectivity index (χ2n) is 5.29. The molecule has 1 N–H and O–H groups in total. The number of rotatable bonds is 7. The van der Waals surface area contributed by atoms with Crippen LogP contribution in [0.2, 0.25) is 0 Å². The fourth-order valence-electron chi connectivity index (χ4n) is 2.88. The van der Waals surface area contributed by atoms with Crippen molar-refractivity contribution in [1.82, 2.24) is 14.7 Å². The Labute approximate surface area is 119 Å². The lowest BCUT2D eigenvalue weighted by molar-refractivity contribution is -0.137. The summed E-state index contributed by atoms with van der Waals surface area (Å²) in [4.78, 5) is 13.3. The first-order chi connectivity index (χ1) is 9.70. The van der Waals surface area contributed by atoms with E-state index in [0.29, 0.717) is 5.92 Å². The summed E-state index contributed by atoms with van der Waals surface area (Å²) >= 11 is 0. The molecule has 6 heteroatoms. The lowest BCUT2D eigenvalue weighted by Gasteiger charge is -2.32. The highest BCUT2D eigenvalue weighted by molar-refractivity contribution is 5.66. The highest BCUT2D eigenvalue weighted by atomic mass is 16.5. The van der Waals surface area contributed by atoms with Crippen LogP contribution in [0.15, 0.2) is 12.3 Å². The Kier molecular flexibility index (Phi) is 5.55. The largest absolute Gasteiger partial charge is 0.480 e. The smallest absolute Gasteiger partial charge is 0.325 e. The van der Waals surface area contributed by atoms with Crippen LogP contribution in [0.1, 0.15) is 30.9 Å². The molecule has 1 aromatic heterocycles. The highest BCUT2D eigenvalue weighted by Gasteiger charge is 2.24. The topological polar surface area (TPSA) is 67.6 Å². The number of hydrogen-bond acceptors (Lipinski definition) is 4. The lowest BCUT2D eigenvalue weighted by Crippen LogP contribution is -2.36. The van der Waals surface area contributed by atoms with Crippen LogP contribution in [0.25, 0.3) is 0 Å². The van der Waals surface area contributed by atoms with Gasteiger partial charge >= 0.3 is 5.97 Å². The molecule has 1 atom stereocenters. The number of hydrogen-bond donors (Lipinski definition) is 1. The summed E-state index contributed by atoms with van der Waals surface area (Å²) in [6, 6.07) is 1.95. The first-order valence-electron chi connectivity index (χ1n) is 7.15. The van der Waals surface area contributed by atoms with E-state index in [4.69, 9.17) is 9.84 Å². The maximum absolute atomic E-state index is 10.9. The number of nitrogens with zero attached hydrogens (tertiary/aromatic N) is 3. The van der Waals surface area contributed by atoms with Gasteiger partial charge in [-0.2, -0.15) is 5.10 Å². The number of aromatic nitrogens is 2. The number of methoxy groups -OCH3 is 1. The molecule has 0 bridgehead atoms. The third kappa shape index (κ3) is 4.05. The van der Waals surface area contributed by atoms with Crippen LogP contribution < -0.4 is 0 Å². The summed E-state index contributed by atoms with van der Waals surface area (Å²) < 4.78 is 6.71. The number of carbonyl (C=O) groups is 1. The molecule has 1 aromatic rings. The second-order valence-corrected chi connectivity index (χ2v) is 5.29. The van der Waals surface area contributed by atoms with Crippen LogP contribution in [0.5, 0.6) is 0 Å². The van der Waals surface area contributed by atoms with Crippen molar-refractivity contribution in [3.05, 3.63) is 18.0 Å². The average Bonchev–Trinajstić information content (AvgIpc) is 2.87. The van der Waals surface area contributed by atoms with E-state index in [1.54, 1.807) is 18.0 Å². The molecule has 0 saturated carbocycles. The molecular formula is C14H23N3O3. The van der Waals surface area contributed by atoms with Crippen molar-refractivity contribution in [2.75, 3.05) is 33.4 Å². The minimum Gasteiger partial charge on any atom is -0.480 e. The molecule has 0 radical (unpaired) electrons. The molecule has 1 unspecified atom stereocenters. The van der Waals surface area contributed by atoms with Crippen molar-refractivity contribution in [2.24, 2.45) is 0 Å². The molecule has 1 aliphatic heterocycles. The molecule has 0 spiro atoms. The van der Waals surface area contributed by atoms with Crippen LogP contribution in [-0.2, 0) is 16.1 Å². The number of piperidine rings is 1. The number of aliphatic carboxylic acids is 1. The van der Waals surface area contributed by atoms with Crippen LogP contribution in [0.4, 0.5) is 0 Å². The van der Waals surface area contributed by atoms with E-state index in [9.17, 15) is 4.79 Å². The van der Waals surface area contributed by atoms with Gasteiger partial charge in [-0.25, -0.2) is 0 Å². The van der Waals surface area contributed by atoms with Crippen molar-refractivity contribution in [3.63, 3.8) is 0 Å². The van der Waals surface area contributed by atoms with Gasteiger partial charge in [-0.1, -0.05) is 0 Å². The quantitative estimate of drug-likeness (QED) is 0.760. The summed E-state index contributed by atoms with van der Waals surface area (Å²) in [7, 11) is 1.73. The Balaban J connectivity index is 1.94. The Morgan fingerprint density at radius 2 is 2.45 bits per heavy atom. The molecule has 1 fully saturated rings. The normalized spacial score (nSPS) is 20.1. The third-order valence-electron chi connectivity index (χ3n) is 3.78. The summed E-state index contributed by atoms with van der Waals surface area (Å²) in [5, 5.41) is 13.0. The SMILES string of the molecule is COCCCN1CCCC(c2ccnn2CC(=O)O)C1. The molecule has 2 heterocycles. The first kappa shape index (κ1) is 15.0. The standard InChI is InChI=1S/C14H23N3O3/c1-20-9-3-8-16-7-2-4-12(10-16)13-5-6-15-17(13)11-14(18)19/h5-6,12H,2-4,7-11H2,1H3,(H,18,19). The van der Waals surface area contributed by atoms with Gasteiger partial charge in [-0.15, -0.1) is 0 Å². The van der Waals surface area contributed by atoms with E-state index in [1.165, 1.54) is 0 Å². The van der Waals surface area contributed by atoms with Gasteiger partial charge in [0.1, 0.15) is 6.54 Å². The molecule has 2 rings (SSSR count). The zero-order chi connectivity index (χ0) is 14.4. The van der Waals surface area contributed by atoms with Crippen molar-refractivity contribution >= 4 is 5.97 Å². The second kappa shape index (κ2) is 7.40. The number of likely N-dealkylation sites (tertiary alicyclic amines) is 1. The van der Waals surface area contributed by atoms with Crippen molar-refractivity contribution in [2.45, 2.75) is 31.7 Å². The van der Waals surface area contributed by atoms with Crippen LogP contribution in [0.3, 0.4) is 0 Å². The number of carboxylic acid groups (broad SMARTS) is 1. The molecule has 1 aliphatic rings. The molecule has 20 heavy (non-hydrogen) atoms. The number of carboxylic acids is 1. The Hall–Kier alpha value is -1.40. The molecule has 112 valence electrons. The molecule has 0 aliphatic carbocycles. The first-order valence-corrected chi connectivity index (χ1v) is 7.15. The lowest BCUT2D eigenvalue weighted by atomic mass is 9.94. The van der Waals surface area contributed by atoms with Gasteiger partial charge in [0.2, 0.25) is 0 Å². The summed E-state index contributed by atoms with van der Waals surface area (Å²) in [5.74, 6) is -0.462. The van der Waals surface area contributed by atoms with Gasteiger partial charge in [-0.05, 0) is 31.9 Å². The molecule has 6 nitrogen and oxygen atoms in total. The maximum atomic E-state index is 10.9. The maximum Gasteiger partial charge on any atom is 0.325 e. The molecule has 1 saturated heterocycles. The van der Waals surface area contributed by atoms with Crippen molar-refractivity contribution < 1.29 is 14.6 Å². The van der Waals surface area contributed by atoms with Gasteiger partial charge in [-0.3, -0.25) is 9.48 Å². The predicted molar refractivity (Wildman–Crippen MR) is 74.8 cm³/mol. The van der Waals surface area contributed by atoms with Gasteiger partial charge in [0.05, 0.1) is 0 Å². The third-order valence-corrected chi connectivity index (χ3v) is 3.78. The van der Waals surface area contributed by atoms with Crippen LogP contribution in [-0.4, -0.2) is 59.1 Å². The van der Waals surface area contributed by atoms with Crippen LogP contribution in [0, 0.1) is 0 Å². The van der Waals surface area contributed by atoms with E-state index < -0.39 is 5.97 Å². The zero-order valence-corrected chi connectivity index (χ0v) is 12.0. The van der Waals surface area contributed by atoms with Crippen molar-refractivity contribution in [3.8, 4) is 0 Å². The van der Waals surface area contributed by atoms with Gasteiger partial charge < -0.3 is 14.7 Å². The molecule has 0 aromatic carbocycles.